The third kappa shape index (κ3) is 3.36. The molecule has 0 spiro atoms. The Morgan fingerprint density at radius 2 is 2.04 bits per heavy atom. The van der Waals surface area contributed by atoms with E-state index >= 15 is 0 Å². The van der Waals surface area contributed by atoms with E-state index in [-0.39, 0.29) is 35.8 Å². The first-order valence-corrected chi connectivity index (χ1v) is 8.08. The van der Waals surface area contributed by atoms with Gasteiger partial charge in [0.25, 0.3) is 0 Å². The first-order valence-electron chi connectivity index (χ1n) is 8.08. The number of nitrogens with zero attached hydrogens (tertiary/aromatic N) is 4. The molecule has 0 bridgehead atoms. The average molecular weight is 321 g/mol. The van der Waals surface area contributed by atoms with Gasteiger partial charge in [-0.2, -0.15) is 5.10 Å². The second-order valence-corrected chi connectivity index (χ2v) is 6.76. The van der Waals surface area contributed by atoms with Gasteiger partial charge < -0.3 is 15.3 Å². The van der Waals surface area contributed by atoms with Gasteiger partial charge >= 0.3 is 0 Å². The first kappa shape index (κ1) is 15.9. The zero-order valence-electron chi connectivity index (χ0n) is 13.5. The number of rotatable bonds is 3. The lowest BCUT2D eigenvalue weighted by atomic mass is 9.81. The normalized spacial score (nSPS) is 27.1. The molecular weight excluding hydrogens is 298 g/mol. The highest BCUT2D eigenvalue weighted by Gasteiger charge is 2.38. The van der Waals surface area contributed by atoms with Gasteiger partial charge in [-0.25, -0.2) is 9.67 Å². The van der Waals surface area contributed by atoms with Gasteiger partial charge in [-0.3, -0.25) is 9.59 Å². The Hall–Kier alpha value is -1.96. The van der Waals surface area contributed by atoms with Crippen molar-refractivity contribution in [3.05, 3.63) is 12.2 Å². The maximum absolute atomic E-state index is 12.6. The molecule has 1 unspecified atom stereocenters. The van der Waals surface area contributed by atoms with Crippen molar-refractivity contribution in [3.63, 3.8) is 0 Å². The van der Waals surface area contributed by atoms with Crippen LogP contribution in [0.1, 0.15) is 32.5 Å². The smallest absolute Gasteiger partial charge is 0.226 e. The molecule has 0 radical (unpaired) electrons. The van der Waals surface area contributed by atoms with Crippen molar-refractivity contribution < 1.29 is 14.7 Å². The highest BCUT2D eigenvalue weighted by molar-refractivity contribution is 5.82. The maximum Gasteiger partial charge on any atom is 0.226 e. The quantitative estimate of drug-likeness (QED) is 0.784. The highest BCUT2D eigenvalue weighted by Crippen LogP contribution is 2.30. The van der Waals surface area contributed by atoms with Crippen molar-refractivity contribution in [2.75, 3.05) is 6.54 Å². The Labute approximate surface area is 134 Å². The van der Waals surface area contributed by atoms with Crippen LogP contribution in [0.3, 0.4) is 0 Å². The highest BCUT2D eigenvalue weighted by atomic mass is 16.3. The number of nitrogens with one attached hydrogen (secondary N) is 1. The van der Waals surface area contributed by atoms with Crippen molar-refractivity contribution >= 4 is 11.8 Å². The van der Waals surface area contributed by atoms with Gasteiger partial charge in [0.05, 0.1) is 25.1 Å². The fourth-order valence-corrected chi connectivity index (χ4v) is 3.11. The van der Waals surface area contributed by atoms with Gasteiger partial charge in [0.2, 0.25) is 11.8 Å². The van der Waals surface area contributed by atoms with Crippen LogP contribution < -0.4 is 5.32 Å². The molecule has 0 saturated heterocycles. The van der Waals surface area contributed by atoms with Crippen molar-refractivity contribution in [2.45, 2.75) is 51.9 Å². The van der Waals surface area contributed by atoms with Crippen LogP contribution in [0.25, 0.3) is 0 Å². The van der Waals surface area contributed by atoms with E-state index in [1.807, 2.05) is 13.8 Å². The van der Waals surface area contributed by atoms with Crippen molar-refractivity contribution in [2.24, 2.45) is 11.8 Å². The van der Waals surface area contributed by atoms with E-state index in [0.717, 1.165) is 0 Å². The van der Waals surface area contributed by atoms with Crippen LogP contribution in [-0.4, -0.2) is 55.3 Å². The van der Waals surface area contributed by atoms with Gasteiger partial charge in [0, 0.05) is 18.5 Å². The molecule has 126 valence electrons. The number of fused-ring (bicyclic) bond motifs is 1. The van der Waals surface area contributed by atoms with Crippen molar-refractivity contribution in [1.82, 2.24) is 25.0 Å². The zero-order chi connectivity index (χ0) is 16.6. The summed E-state index contributed by atoms with van der Waals surface area (Å²) in [6, 6.07) is 0.0481. The summed E-state index contributed by atoms with van der Waals surface area (Å²) in [6.45, 7) is 4.96. The lowest BCUT2D eigenvalue weighted by Crippen LogP contribution is -2.47. The molecule has 2 aliphatic rings. The van der Waals surface area contributed by atoms with E-state index in [0.29, 0.717) is 38.3 Å². The minimum atomic E-state index is -0.375. The van der Waals surface area contributed by atoms with Gasteiger partial charge in [0.1, 0.15) is 12.2 Å². The van der Waals surface area contributed by atoms with Gasteiger partial charge in [-0.15, -0.1) is 0 Å². The fraction of sp³-hybridized carbons (Fsp3) is 0.733. The molecule has 3 rings (SSSR count). The Morgan fingerprint density at radius 3 is 2.70 bits per heavy atom. The molecule has 0 aromatic carbocycles. The standard InChI is InChI=1S/C15H23N5O3/c1-9(2)18-14(22)11-5-19(15(23)10-3-12(21)4-10)7-13-16-8-17-20(13)6-11/h8-12,21H,3-7H2,1-2H3,(H,18,22). The number of hydrogen-bond acceptors (Lipinski definition) is 5. The molecule has 1 fully saturated rings. The predicted octanol–water partition coefficient (Wildman–Crippen LogP) is -0.468. The van der Waals surface area contributed by atoms with Gasteiger partial charge in [0.15, 0.2) is 0 Å². The van der Waals surface area contributed by atoms with Crippen LogP contribution in [-0.2, 0) is 22.7 Å². The maximum atomic E-state index is 12.6. The third-order valence-corrected chi connectivity index (χ3v) is 4.44. The zero-order valence-corrected chi connectivity index (χ0v) is 13.5. The largest absolute Gasteiger partial charge is 0.393 e. The Kier molecular flexibility index (Phi) is 4.34. The van der Waals surface area contributed by atoms with Crippen molar-refractivity contribution in [1.29, 1.82) is 0 Å². The van der Waals surface area contributed by atoms with Crippen LogP contribution in [0.4, 0.5) is 0 Å². The van der Waals surface area contributed by atoms with Crippen LogP contribution in [0.15, 0.2) is 6.33 Å². The Morgan fingerprint density at radius 1 is 1.30 bits per heavy atom. The molecule has 1 aromatic heterocycles. The monoisotopic (exact) mass is 321 g/mol. The molecule has 1 aliphatic carbocycles. The SMILES string of the molecule is CC(C)NC(=O)C1CN(C(=O)C2CC(O)C2)Cc2ncnn2C1. The number of carbonyl (C=O) groups is 2. The molecule has 8 heteroatoms. The summed E-state index contributed by atoms with van der Waals surface area (Å²) in [4.78, 5) is 30.9. The van der Waals surface area contributed by atoms with Gasteiger partial charge in [-0.05, 0) is 26.7 Å². The van der Waals surface area contributed by atoms with Gasteiger partial charge in [-0.1, -0.05) is 0 Å². The van der Waals surface area contributed by atoms with Crippen LogP contribution in [0.2, 0.25) is 0 Å². The van der Waals surface area contributed by atoms with E-state index in [9.17, 15) is 14.7 Å². The molecule has 1 atom stereocenters. The number of amides is 2. The number of aromatic nitrogens is 3. The molecule has 1 aliphatic heterocycles. The summed E-state index contributed by atoms with van der Waals surface area (Å²) in [7, 11) is 0. The van der Waals surface area contributed by atoms with Crippen molar-refractivity contribution in [3.8, 4) is 0 Å². The minimum absolute atomic E-state index is 0.00547. The number of aliphatic hydroxyl groups is 1. The summed E-state index contributed by atoms with van der Waals surface area (Å²) >= 11 is 0. The Balaban J connectivity index is 1.77. The van der Waals surface area contributed by atoms with E-state index < -0.39 is 0 Å². The summed E-state index contributed by atoms with van der Waals surface area (Å²) in [5.74, 6) is 0.115. The molecule has 2 amide bonds. The summed E-state index contributed by atoms with van der Waals surface area (Å²) in [5.41, 5.74) is 0. The fourth-order valence-electron chi connectivity index (χ4n) is 3.11. The average Bonchev–Trinajstić information content (AvgIpc) is 2.79. The first-order chi connectivity index (χ1) is 10.9. The molecule has 23 heavy (non-hydrogen) atoms. The molecule has 1 saturated carbocycles. The topological polar surface area (TPSA) is 100 Å². The summed E-state index contributed by atoms with van der Waals surface area (Å²) < 4.78 is 1.70. The molecule has 2 heterocycles. The molecular formula is C15H23N5O3. The van der Waals surface area contributed by atoms with E-state index in [4.69, 9.17) is 0 Å². The third-order valence-electron chi connectivity index (χ3n) is 4.44. The van der Waals surface area contributed by atoms with E-state index in [2.05, 4.69) is 15.4 Å². The summed E-state index contributed by atoms with van der Waals surface area (Å²) in [5, 5.41) is 16.5. The summed E-state index contributed by atoms with van der Waals surface area (Å²) in [6.07, 6.45) is 2.09. The second-order valence-electron chi connectivity index (χ2n) is 6.76. The number of carbonyl (C=O) groups excluding carboxylic acids is 2. The minimum Gasteiger partial charge on any atom is -0.393 e. The van der Waals surface area contributed by atoms with E-state index in [1.165, 1.54) is 6.33 Å². The van der Waals surface area contributed by atoms with Crippen LogP contribution >= 0.6 is 0 Å². The number of aliphatic hydroxyl groups excluding tert-OH is 1. The lowest BCUT2D eigenvalue weighted by molar-refractivity contribution is -0.144. The van der Waals surface area contributed by atoms with E-state index in [1.54, 1.807) is 9.58 Å². The molecule has 8 nitrogen and oxygen atoms in total. The number of hydrogen-bond donors (Lipinski definition) is 2. The Bertz CT molecular complexity index is 594. The second kappa shape index (κ2) is 6.27. The molecule has 2 N–H and O–H groups in total. The molecule has 1 aromatic rings. The van der Waals surface area contributed by atoms with Crippen LogP contribution in [0, 0.1) is 11.8 Å². The predicted molar refractivity (Wildman–Crippen MR) is 80.9 cm³/mol. The van der Waals surface area contributed by atoms with Crippen LogP contribution in [0.5, 0.6) is 0 Å². The lowest BCUT2D eigenvalue weighted by Gasteiger charge is -2.35.